The Hall–Kier alpha value is -0.900. The van der Waals surface area contributed by atoms with E-state index in [4.69, 9.17) is 11.6 Å². The lowest BCUT2D eigenvalue weighted by Gasteiger charge is -2.10. The summed E-state index contributed by atoms with van der Waals surface area (Å²) in [7, 11) is 0. The van der Waals surface area contributed by atoms with E-state index < -0.39 is 6.10 Å². The summed E-state index contributed by atoms with van der Waals surface area (Å²) in [4.78, 5) is 0.819. The van der Waals surface area contributed by atoms with Gasteiger partial charge >= 0.3 is 0 Å². The van der Waals surface area contributed by atoms with Crippen molar-refractivity contribution in [2.75, 3.05) is 0 Å². The average molecular weight is 257 g/mol. The molecule has 0 saturated carbocycles. The fraction of sp³-hybridized carbons (Fsp3) is 0.167. The molecule has 0 saturated heterocycles. The minimum absolute atomic E-state index is 0.200. The van der Waals surface area contributed by atoms with Gasteiger partial charge in [-0.05, 0) is 23.6 Å². The van der Waals surface area contributed by atoms with Gasteiger partial charge in [-0.1, -0.05) is 23.7 Å². The Balaban J connectivity index is 2.21. The third-order valence-corrected chi connectivity index (χ3v) is 3.66. The second-order valence-corrected chi connectivity index (χ2v) is 4.82. The summed E-state index contributed by atoms with van der Waals surface area (Å²) >= 11 is 7.33. The molecule has 0 amide bonds. The first-order valence-corrected chi connectivity index (χ1v) is 6.08. The van der Waals surface area contributed by atoms with Gasteiger partial charge in [0.2, 0.25) is 0 Å². The molecule has 0 aliphatic rings. The number of benzene rings is 1. The van der Waals surface area contributed by atoms with Crippen LogP contribution in [0.1, 0.15) is 16.5 Å². The van der Waals surface area contributed by atoms with Crippen LogP contribution in [0.3, 0.4) is 0 Å². The topological polar surface area (TPSA) is 20.2 Å². The summed E-state index contributed by atoms with van der Waals surface area (Å²) in [5.74, 6) is -0.372. The van der Waals surface area contributed by atoms with Gasteiger partial charge in [0.25, 0.3) is 0 Å². The highest BCUT2D eigenvalue weighted by Crippen LogP contribution is 2.27. The fourth-order valence-electron chi connectivity index (χ4n) is 1.50. The number of aliphatic hydroxyl groups is 1. The van der Waals surface area contributed by atoms with E-state index in [1.165, 1.54) is 17.4 Å². The van der Waals surface area contributed by atoms with Crippen molar-refractivity contribution < 1.29 is 9.50 Å². The quantitative estimate of drug-likeness (QED) is 0.885. The van der Waals surface area contributed by atoms with E-state index in [1.54, 1.807) is 12.1 Å². The van der Waals surface area contributed by atoms with Gasteiger partial charge in [0.15, 0.2) is 0 Å². The van der Waals surface area contributed by atoms with Crippen LogP contribution in [0.25, 0.3) is 0 Å². The fourth-order valence-corrected chi connectivity index (χ4v) is 2.45. The van der Waals surface area contributed by atoms with Crippen LogP contribution in [0, 0.1) is 5.82 Å². The van der Waals surface area contributed by atoms with Gasteiger partial charge in [-0.2, -0.15) is 0 Å². The molecular weight excluding hydrogens is 247 g/mol. The Bertz CT molecular complexity index is 450. The summed E-state index contributed by atoms with van der Waals surface area (Å²) < 4.78 is 13.5. The molecular formula is C12H10ClFOS. The summed E-state index contributed by atoms with van der Waals surface area (Å²) in [6.07, 6.45) is -0.499. The molecule has 1 aromatic carbocycles. The number of rotatable bonds is 3. The van der Waals surface area contributed by atoms with Crippen molar-refractivity contribution in [3.8, 4) is 0 Å². The lowest BCUT2D eigenvalue weighted by molar-refractivity contribution is 0.181. The molecule has 0 aliphatic carbocycles. The maximum absolute atomic E-state index is 13.5. The van der Waals surface area contributed by atoms with Gasteiger partial charge < -0.3 is 5.11 Å². The van der Waals surface area contributed by atoms with Crippen molar-refractivity contribution in [2.24, 2.45) is 0 Å². The monoisotopic (exact) mass is 256 g/mol. The normalized spacial score (nSPS) is 12.7. The zero-order chi connectivity index (χ0) is 11.5. The molecule has 0 radical (unpaired) electrons. The Kier molecular flexibility index (Phi) is 3.59. The lowest BCUT2D eigenvalue weighted by Crippen LogP contribution is -2.02. The van der Waals surface area contributed by atoms with Gasteiger partial charge in [0.1, 0.15) is 5.82 Å². The van der Waals surface area contributed by atoms with Crippen molar-refractivity contribution in [3.63, 3.8) is 0 Å². The second kappa shape index (κ2) is 4.95. The third-order valence-electron chi connectivity index (χ3n) is 2.33. The van der Waals surface area contributed by atoms with E-state index in [9.17, 15) is 9.50 Å². The van der Waals surface area contributed by atoms with Crippen molar-refractivity contribution in [1.29, 1.82) is 0 Å². The summed E-state index contributed by atoms with van der Waals surface area (Å²) in [6.45, 7) is 0. The minimum Gasteiger partial charge on any atom is -0.387 e. The Morgan fingerprint density at radius 3 is 2.75 bits per heavy atom. The molecule has 0 fully saturated rings. The Morgan fingerprint density at radius 2 is 2.12 bits per heavy atom. The van der Waals surface area contributed by atoms with Gasteiger partial charge in [-0.15, -0.1) is 11.3 Å². The van der Waals surface area contributed by atoms with E-state index >= 15 is 0 Å². The SMILES string of the molecule is OC(Cc1c(F)cccc1Cl)c1cccs1. The molecule has 2 rings (SSSR count). The number of hydrogen-bond acceptors (Lipinski definition) is 2. The first kappa shape index (κ1) is 11.6. The van der Waals surface area contributed by atoms with E-state index in [-0.39, 0.29) is 12.2 Å². The van der Waals surface area contributed by atoms with E-state index in [0.717, 1.165) is 4.88 Å². The van der Waals surface area contributed by atoms with Gasteiger partial charge in [0, 0.05) is 21.9 Å². The van der Waals surface area contributed by atoms with Crippen molar-refractivity contribution in [1.82, 2.24) is 0 Å². The molecule has 2 aromatic rings. The van der Waals surface area contributed by atoms with Crippen molar-refractivity contribution in [3.05, 3.63) is 57.0 Å². The second-order valence-electron chi connectivity index (χ2n) is 3.44. The molecule has 1 heterocycles. The van der Waals surface area contributed by atoms with Crippen molar-refractivity contribution in [2.45, 2.75) is 12.5 Å². The molecule has 1 unspecified atom stereocenters. The molecule has 0 spiro atoms. The van der Waals surface area contributed by atoms with Gasteiger partial charge in [0.05, 0.1) is 6.10 Å². The zero-order valence-corrected chi connectivity index (χ0v) is 9.93. The third kappa shape index (κ3) is 2.43. The van der Waals surface area contributed by atoms with E-state index in [2.05, 4.69) is 0 Å². The molecule has 0 aliphatic heterocycles. The van der Waals surface area contributed by atoms with E-state index in [1.807, 2.05) is 17.5 Å². The van der Waals surface area contributed by atoms with E-state index in [0.29, 0.717) is 10.6 Å². The highest BCUT2D eigenvalue weighted by atomic mass is 35.5. The molecule has 1 nitrogen and oxygen atoms in total. The van der Waals surface area contributed by atoms with Crippen LogP contribution in [-0.4, -0.2) is 5.11 Å². The number of thiophene rings is 1. The van der Waals surface area contributed by atoms with Crippen molar-refractivity contribution >= 4 is 22.9 Å². The molecule has 16 heavy (non-hydrogen) atoms. The maximum atomic E-state index is 13.5. The maximum Gasteiger partial charge on any atom is 0.127 e. The standard InChI is InChI=1S/C12H10ClFOS/c13-9-3-1-4-10(14)8(9)7-11(15)12-5-2-6-16-12/h1-6,11,15H,7H2. The lowest BCUT2D eigenvalue weighted by atomic mass is 10.1. The predicted octanol–water partition coefficient (Wildman–Crippen LogP) is 3.82. The average Bonchev–Trinajstić information content (AvgIpc) is 2.76. The number of halogens is 2. The van der Waals surface area contributed by atoms with Crippen LogP contribution in [0.4, 0.5) is 4.39 Å². The first-order chi connectivity index (χ1) is 7.68. The summed E-state index contributed by atoms with van der Waals surface area (Å²) in [6, 6.07) is 8.21. The molecule has 1 atom stereocenters. The van der Waals surface area contributed by atoms with Gasteiger partial charge in [-0.3, -0.25) is 0 Å². The first-order valence-electron chi connectivity index (χ1n) is 4.83. The van der Waals surface area contributed by atoms with Gasteiger partial charge in [-0.25, -0.2) is 4.39 Å². The Morgan fingerprint density at radius 1 is 1.31 bits per heavy atom. The number of hydrogen-bond donors (Lipinski definition) is 1. The largest absolute Gasteiger partial charge is 0.387 e. The molecule has 0 bridgehead atoms. The highest BCUT2D eigenvalue weighted by molar-refractivity contribution is 7.10. The summed E-state index contributed by atoms with van der Waals surface area (Å²) in [5, 5.41) is 12.1. The molecule has 1 aromatic heterocycles. The number of aliphatic hydroxyl groups excluding tert-OH is 1. The van der Waals surface area contributed by atoms with Crippen LogP contribution in [0.2, 0.25) is 5.02 Å². The summed E-state index contributed by atoms with van der Waals surface area (Å²) in [5.41, 5.74) is 0.366. The van der Waals surface area contributed by atoms with Crippen LogP contribution in [0.15, 0.2) is 35.7 Å². The smallest absolute Gasteiger partial charge is 0.127 e. The minimum atomic E-state index is -0.700. The molecule has 1 N–H and O–H groups in total. The molecule has 84 valence electrons. The van der Waals surface area contributed by atoms with Crippen LogP contribution in [-0.2, 0) is 6.42 Å². The van der Waals surface area contributed by atoms with Crippen LogP contribution >= 0.6 is 22.9 Å². The van der Waals surface area contributed by atoms with Crippen LogP contribution < -0.4 is 0 Å². The molecule has 4 heteroatoms. The van der Waals surface area contributed by atoms with Crippen LogP contribution in [0.5, 0.6) is 0 Å². The predicted molar refractivity (Wildman–Crippen MR) is 64.4 cm³/mol. The zero-order valence-electron chi connectivity index (χ0n) is 8.36. The Labute approximate surface area is 102 Å². The highest BCUT2D eigenvalue weighted by Gasteiger charge is 2.14.